The first-order chi connectivity index (χ1) is 27.5. The summed E-state index contributed by atoms with van der Waals surface area (Å²) < 4.78 is 1.33. The minimum atomic E-state index is 0.0391. The van der Waals surface area contributed by atoms with Crippen LogP contribution in [0.2, 0.25) is 0 Å². The molecule has 3 aliphatic rings. The highest BCUT2D eigenvalue weighted by atomic mass is 32.1. The Hall–Kier alpha value is -6.23. The van der Waals surface area contributed by atoms with Crippen LogP contribution >= 0.6 is 11.3 Å². The van der Waals surface area contributed by atoms with Crippen molar-refractivity contribution in [1.29, 1.82) is 0 Å². The van der Waals surface area contributed by atoms with Gasteiger partial charge in [0.25, 0.3) is 0 Å². The van der Waals surface area contributed by atoms with Crippen LogP contribution in [0.15, 0.2) is 157 Å². The molecule has 0 N–H and O–H groups in total. The van der Waals surface area contributed by atoms with Gasteiger partial charge in [-0.2, -0.15) is 0 Å². The Balaban J connectivity index is 0.946. The van der Waals surface area contributed by atoms with E-state index in [2.05, 4.69) is 153 Å². The molecule has 56 heavy (non-hydrogen) atoms. The molecule has 11 rings (SSSR count). The normalized spacial score (nSPS) is 16.6. The van der Waals surface area contributed by atoms with E-state index >= 15 is 0 Å². The predicted octanol–water partition coefficient (Wildman–Crippen LogP) is 13.7. The van der Waals surface area contributed by atoms with Crippen molar-refractivity contribution >= 4 is 44.0 Å². The maximum Gasteiger partial charge on any atom is 0.160 e. The van der Waals surface area contributed by atoms with Crippen molar-refractivity contribution in [1.82, 2.24) is 15.0 Å². The molecule has 0 radical (unpaired) electrons. The summed E-state index contributed by atoms with van der Waals surface area (Å²) in [6.45, 7) is 4.76. The lowest BCUT2D eigenvalue weighted by Crippen LogP contribution is -2.19. The average molecular weight is 738 g/mol. The molecular formula is C52H39N3S. The highest BCUT2D eigenvalue weighted by Gasteiger charge is 2.38. The number of benzene rings is 5. The molecule has 4 heteroatoms. The van der Waals surface area contributed by atoms with Gasteiger partial charge in [-0.1, -0.05) is 159 Å². The van der Waals surface area contributed by atoms with E-state index < -0.39 is 0 Å². The Morgan fingerprint density at radius 2 is 1.36 bits per heavy atom. The van der Waals surface area contributed by atoms with Crippen molar-refractivity contribution in [3.63, 3.8) is 0 Å². The van der Waals surface area contributed by atoms with Crippen LogP contribution in [0.5, 0.6) is 0 Å². The van der Waals surface area contributed by atoms with E-state index in [0.29, 0.717) is 5.92 Å². The highest BCUT2D eigenvalue weighted by Crippen LogP contribution is 2.52. The summed E-state index contributed by atoms with van der Waals surface area (Å²) in [5, 5.41) is 2.54. The summed E-state index contributed by atoms with van der Waals surface area (Å²) in [5.41, 5.74) is 16.8. The lowest BCUT2D eigenvalue weighted by Gasteiger charge is -2.29. The van der Waals surface area contributed by atoms with Gasteiger partial charge in [-0.3, -0.25) is 0 Å². The minimum Gasteiger partial charge on any atom is -0.247 e. The number of para-hydroxylation sites is 1. The number of aryl methyl sites for hydroxylation is 1. The SMILES string of the molecule is CC1(C)C2=C(C=CC(c3ccc(-c4cc(-c5ccc(-c6nc7ccccc7c7sc8c(c67)CCC=C8)cc5)nc(-c5ccccc5)n4)cc3)C2)c2ccccc21. The molecule has 0 amide bonds. The van der Waals surface area contributed by atoms with Crippen molar-refractivity contribution in [2.24, 2.45) is 0 Å². The molecule has 0 spiro atoms. The molecule has 0 saturated carbocycles. The maximum absolute atomic E-state index is 5.29. The van der Waals surface area contributed by atoms with Crippen molar-refractivity contribution < 1.29 is 0 Å². The first kappa shape index (κ1) is 33.1. The Labute approximate surface area is 331 Å². The largest absolute Gasteiger partial charge is 0.247 e. The summed E-state index contributed by atoms with van der Waals surface area (Å²) >= 11 is 1.90. The van der Waals surface area contributed by atoms with Gasteiger partial charge < -0.3 is 0 Å². The van der Waals surface area contributed by atoms with Crippen molar-refractivity contribution in [3.8, 4) is 45.2 Å². The second kappa shape index (κ2) is 12.9. The standard InChI is InChI=1S/C52H39N3S/c1-52(2)42-17-9-6-14-38(42)39-29-28-37(30-43(39)52)32-20-22-33(23-21-32)45-31-46(55-51(54-45)36-12-4-3-5-13-36)34-24-26-35(27-25-34)49-48-41-16-8-11-19-47(41)56-50(48)40-15-7-10-18-44(40)53-49/h3-7,9-15,17-29,31,37H,8,16,30H2,1-2H3. The number of nitrogens with zero attached hydrogens (tertiary/aromatic N) is 3. The number of hydrogen-bond donors (Lipinski definition) is 0. The second-order valence-corrected chi connectivity index (χ2v) is 16.9. The molecule has 5 aromatic carbocycles. The molecule has 3 aromatic heterocycles. The third kappa shape index (κ3) is 5.35. The fourth-order valence-electron chi connectivity index (χ4n) is 9.24. The van der Waals surface area contributed by atoms with Gasteiger partial charge in [-0.15, -0.1) is 11.3 Å². The van der Waals surface area contributed by atoms with Gasteiger partial charge in [0.15, 0.2) is 5.82 Å². The smallest absolute Gasteiger partial charge is 0.160 e. The van der Waals surface area contributed by atoms with E-state index in [4.69, 9.17) is 15.0 Å². The first-order valence-electron chi connectivity index (χ1n) is 19.7. The van der Waals surface area contributed by atoms with Gasteiger partial charge in [0.1, 0.15) is 0 Å². The number of hydrogen-bond acceptors (Lipinski definition) is 4. The molecular weight excluding hydrogens is 699 g/mol. The number of thiophene rings is 1. The number of pyridine rings is 1. The van der Waals surface area contributed by atoms with E-state index in [1.54, 1.807) is 5.57 Å². The third-order valence-corrected chi connectivity index (χ3v) is 13.5. The average Bonchev–Trinajstić information content (AvgIpc) is 3.76. The molecule has 0 saturated heterocycles. The van der Waals surface area contributed by atoms with Gasteiger partial charge in [0, 0.05) is 53.9 Å². The Bertz CT molecular complexity index is 2950. The number of fused-ring (bicyclic) bond motifs is 7. The van der Waals surface area contributed by atoms with E-state index in [9.17, 15) is 0 Å². The second-order valence-electron chi connectivity index (χ2n) is 15.8. The first-order valence-corrected chi connectivity index (χ1v) is 20.5. The third-order valence-electron chi connectivity index (χ3n) is 12.2. The van der Waals surface area contributed by atoms with Gasteiger partial charge in [0.05, 0.1) is 22.6 Å². The lowest BCUT2D eigenvalue weighted by atomic mass is 9.75. The Morgan fingerprint density at radius 1 is 0.661 bits per heavy atom. The summed E-state index contributed by atoms with van der Waals surface area (Å²) in [4.78, 5) is 16.9. The van der Waals surface area contributed by atoms with Crippen molar-refractivity contribution in [2.45, 2.75) is 44.4 Å². The van der Waals surface area contributed by atoms with Crippen LogP contribution in [-0.2, 0) is 11.8 Å². The predicted molar refractivity (Wildman–Crippen MR) is 235 cm³/mol. The Morgan fingerprint density at radius 3 is 2.16 bits per heavy atom. The van der Waals surface area contributed by atoms with Crippen LogP contribution in [0.1, 0.15) is 59.7 Å². The van der Waals surface area contributed by atoms with Crippen LogP contribution in [-0.4, -0.2) is 15.0 Å². The van der Waals surface area contributed by atoms with Gasteiger partial charge >= 0.3 is 0 Å². The van der Waals surface area contributed by atoms with Crippen LogP contribution in [0, 0.1) is 0 Å². The van der Waals surface area contributed by atoms with E-state index in [-0.39, 0.29) is 5.41 Å². The van der Waals surface area contributed by atoms with Crippen LogP contribution < -0.4 is 0 Å². The van der Waals surface area contributed by atoms with Gasteiger partial charge in [-0.05, 0) is 65.3 Å². The summed E-state index contributed by atoms with van der Waals surface area (Å²) in [6.07, 6.45) is 12.5. The van der Waals surface area contributed by atoms with E-state index in [1.807, 2.05) is 29.5 Å². The molecule has 0 bridgehead atoms. The van der Waals surface area contributed by atoms with E-state index in [1.165, 1.54) is 48.2 Å². The van der Waals surface area contributed by atoms with Crippen LogP contribution in [0.4, 0.5) is 0 Å². The minimum absolute atomic E-state index is 0.0391. The van der Waals surface area contributed by atoms with Crippen molar-refractivity contribution in [2.75, 3.05) is 0 Å². The molecule has 3 heterocycles. The molecule has 0 aliphatic heterocycles. The maximum atomic E-state index is 5.29. The zero-order chi connectivity index (χ0) is 37.4. The molecule has 0 fully saturated rings. The Kier molecular flexibility index (Phi) is 7.65. The summed E-state index contributed by atoms with van der Waals surface area (Å²) in [7, 11) is 0. The fraction of sp³-hybridized carbons (Fsp3) is 0.135. The zero-order valence-electron chi connectivity index (χ0n) is 31.5. The van der Waals surface area contributed by atoms with E-state index in [0.717, 1.165) is 69.9 Å². The number of aromatic nitrogens is 3. The summed E-state index contributed by atoms with van der Waals surface area (Å²) in [5.74, 6) is 1.06. The molecule has 3 nitrogen and oxygen atoms in total. The highest BCUT2D eigenvalue weighted by molar-refractivity contribution is 7.21. The molecule has 268 valence electrons. The number of rotatable bonds is 5. The molecule has 1 unspecified atom stereocenters. The quantitative estimate of drug-likeness (QED) is 0.177. The van der Waals surface area contributed by atoms with Crippen LogP contribution in [0.25, 0.3) is 77.8 Å². The molecule has 1 atom stereocenters. The van der Waals surface area contributed by atoms with Crippen molar-refractivity contribution in [3.05, 3.63) is 184 Å². The summed E-state index contributed by atoms with van der Waals surface area (Å²) in [6, 6.07) is 47.8. The lowest BCUT2D eigenvalue weighted by molar-refractivity contribution is 0.591. The zero-order valence-corrected chi connectivity index (χ0v) is 32.3. The van der Waals surface area contributed by atoms with Gasteiger partial charge in [0.2, 0.25) is 0 Å². The van der Waals surface area contributed by atoms with Gasteiger partial charge in [-0.25, -0.2) is 15.0 Å². The molecule has 3 aliphatic carbocycles. The molecule has 8 aromatic rings. The monoisotopic (exact) mass is 737 g/mol. The fourth-order valence-corrected chi connectivity index (χ4v) is 10.6. The number of allylic oxidation sites excluding steroid dienone is 5. The topological polar surface area (TPSA) is 38.7 Å². The van der Waals surface area contributed by atoms with Crippen LogP contribution in [0.3, 0.4) is 0 Å².